The third-order valence-corrected chi connectivity index (χ3v) is 9.59. The molecule has 1 aromatic heterocycles. The smallest absolute Gasteiger partial charge is 0.0390 e. The number of aryl methyl sites for hydroxylation is 4. The molecule has 5 aromatic carbocycles. The summed E-state index contributed by atoms with van der Waals surface area (Å²) in [5.74, 6) is 0. The Hall–Kier alpha value is -3.68. The Labute approximate surface area is 230 Å². The molecule has 0 spiro atoms. The zero-order valence-corrected chi connectivity index (χ0v) is 24.0. The second-order valence-corrected chi connectivity index (χ2v) is 12.2. The number of benzene rings is 5. The molecule has 0 amide bonds. The largest absolute Gasteiger partial charge is 0.135 e. The van der Waals surface area contributed by atoms with Gasteiger partial charge in [-0.2, -0.15) is 0 Å². The number of rotatable bonds is 1. The van der Waals surface area contributed by atoms with E-state index in [0.717, 1.165) is 0 Å². The van der Waals surface area contributed by atoms with E-state index < -0.39 is 0 Å². The molecule has 0 nitrogen and oxygen atoms in total. The summed E-state index contributed by atoms with van der Waals surface area (Å²) >= 11 is 1.92. The van der Waals surface area contributed by atoms with E-state index in [1.807, 2.05) is 29.5 Å². The summed E-state index contributed by atoms with van der Waals surface area (Å²) in [5.41, 5.74) is 14.1. The second kappa shape index (κ2) is 9.26. The van der Waals surface area contributed by atoms with Crippen LogP contribution in [0.25, 0.3) is 42.4 Å². The van der Waals surface area contributed by atoms with Crippen LogP contribution in [0.1, 0.15) is 47.2 Å². The monoisotopic (exact) mass is 510 g/mol. The van der Waals surface area contributed by atoms with Crippen LogP contribution < -0.4 is 0 Å². The van der Waals surface area contributed by atoms with Crippen molar-refractivity contribution in [1.82, 2.24) is 0 Å². The molecule has 0 atom stereocenters. The van der Waals surface area contributed by atoms with Gasteiger partial charge in [-0.15, -0.1) is 11.3 Å². The van der Waals surface area contributed by atoms with Crippen LogP contribution in [0.2, 0.25) is 0 Å². The Kier molecular flexibility index (Phi) is 6.00. The third-order valence-electron chi connectivity index (χ3n) is 8.29. The highest BCUT2D eigenvalue weighted by atomic mass is 32.1. The van der Waals surface area contributed by atoms with Crippen LogP contribution in [-0.4, -0.2) is 0 Å². The summed E-state index contributed by atoms with van der Waals surface area (Å²) in [6.45, 7) is 13.7. The SMILES string of the molecule is Cc1cccc2c1-c1c(ccc(C)c1-c1ccc3c(sc4ccccc43)c1C)C2(C)C.Cc1ccccc1. The van der Waals surface area contributed by atoms with Crippen molar-refractivity contribution in [3.63, 3.8) is 0 Å². The maximum Gasteiger partial charge on any atom is 0.0390 e. The molecule has 0 saturated heterocycles. The van der Waals surface area contributed by atoms with Gasteiger partial charge < -0.3 is 0 Å². The Bertz CT molecular complexity index is 1820. The van der Waals surface area contributed by atoms with Crippen LogP contribution in [0.5, 0.6) is 0 Å². The van der Waals surface area contributed by atoms with E-state index in [1.165, 1.54) is 75.8 Å². The molecule has 1 aliphatic rings. The van der Waals surface area contributed by atoms with E-state index in [0.29, 0.717) is 0 Å². The molecule has 6 aromatic rings. The lowest BCUT2D eigenvalue weighted by Crippen LogP contribution is -2.15. The Morgan fingerprint density at radius 2 is 1.21 bits per heavy atom. The molecule has 0 bridgehead atoms. The molecule has 0 N–H and O–H groups in total. The molecule has 0 unspecified atom stereocenters. The molecule has 1 heterocycles. The minimum atomic E-state index is 0.0226. The fourth-order valence-electron chi connectivity index (χ4n) is 6.23. The van der Waals surface area contributed by atoms with Gasteiger partial charge in [-0.3, -0.25) is 0 Å². The summed E-state index contributed by atoms with van der Waals surface area (Å²) in [6.07, 6.45) is 0. The van der Waals surface area contributed by atoms with E-state index in [2.05, 4.69) is 120 Å². The Morgan fingerprint density at radius 3 is 1.95 bits per heavy atom. The van der Waals surface area contributed by atoms with Crippen LogP contribution in [0.15, 0.2) is 97.1 Å². The van der Waals surface area contributed by atoms with Crippen molar-refractivity contribution in [2.45, 2.75) is 47.0 Å². The van der Waals surface area contributed by atoms with E-state index >= 15 is 0 Å². The first kappa shape index (κ1) is 24.6. The van der Waals surface area contributed by atoms with Crippen LogP contribution >= 0.6 is 11.3 Å². The van der Waals surface area contributed by atoms with Gasteiger partial charge >= 0.3 is 0 Å². The van der Waals surface area contributed by atoms with Gasteiger partial charge in [0.05, 0.1) is 0 Å². The summed E-state index contributed by atoms with van der Waals surface area (Å²) in [5, 5.41) is 2.75. The van der Waals surface area contributed by atoms with Gasteiger partial charge in [-0.05, 0) is 83.8 Å². The lowest BCUT2D eigenvalue weighted by Gasteiger charge is -2.22. The zero-order chi connectivity index (χ0) is 26.6. The lowest BCUT2D eigenvalue weighted by atomic mass is 9.81. The van der Waals surface area contributed by atoms with Crippen molar-refractivity contribution >= 4 is 31.5 Å². The molecule has 0 fully saturated rings. The highest BCUT2D eigenvalue weighted by Crippen LogP contribution is 2.54. The van der Waals surface area contributed by atoms with Gasteiger partial charge in [0.2, 0.25) is 0 Å². The van der Waals surface area contributed by atoms with E-state index in [4.69, 9.17) is 0 Å². The second-order valence-electron chi connectivity index (χ2n) is 11.2. The van der Waals surface area contributed by atoms with Crippen LogP contribution in [0.3, 0.4) is 0 Å². The number of hydrogen-bond acceptors (Lipinski definition) is 1. The quantitative estimate of drug-likeness (QED) is 0.206. The van der Waals surface area contributed by atoms with Crippen molar-refractivity contribution < 1.29 is 0 Å². The average Bonchev–Trinajstić information content (AvgIpc) is 3.40. The lowest BCUT2D eigenvalue weighted by molar-refractivity contribution is 0.660. The molecular weight excluding hydrogens is 476 g/mol. The molecule has 38 heavy (non-hydrogen) atoms. The van der Waals surface area contributed by atoms with Crippen LogP contribution in [-0.2, 0) is 5.41 Å². The number of hydrogen-bond donors (Lipinski definition) is 0. The predicted molar refractivity (Wildman–Crippen MR) is 168 cm³/mol. The maximum absolute atomic E-state index is 2.37. The van der Waals surface area contributed by atoms with Crippen LogP contribution in [0, 0.1) is 27.7 Å². The molecule has 7 rings (SSSR count). The molecule has 0 aliphatic heterocycles. The van der Waals surface area contributed by atoms with Gasteiger partial charge in [0.15, 0.2) is 0 Å². The van der Waals surface area contributed by atoms with Gasteiger partial charge in [0, 0.05) is 25.6 Å². The summed E-state index contributed by atoms with van der Waals surface area (Å²) in [6, 6.07) is 35.2. The fourth-order valence-corrected chi connectivity index (χ4v) is 7.43. The standard InChI is InChI=1S/C30H26S.C7H8/c1-17-9-8-11-23-27(17)28-24(30(23,4)5)16-13-18(2)26(28)20-14-15-22-21-10-6-7-12-25(21)31-29(22)19(20)3;1-7-5-3-2-4-6-7/h6-16H,1-5H3;2-6H,1H3. The normalized spacial score (nSPS) is 13.2. The van der Waals surface area contributed by atoms with E-state index in [-0.39, 0.29) is 5.41 Å². The van der Waals surface area contributed by atoms with Crippen molar-refractivity contribution in [2.75, 3.05) is 0 Å². The van der Waals surface area contributed by atoms with Gasteiger partial charge in [-0.25, -0.2) is 0 Å². The summed E-state index contributed by atoms with van der Waals surface area (Å²) < 4.78 is 2.79. The predicted octanol–water partition coefficient (Wildman–Crippen LogP) is 10.9. The first-order chi connectivity index (χ1) is 18.3. The van der Waals surface area contributed by atoms with Crippen molar-refractivity contribution in [3.8, 4) is 22.3 Å². The van der Waals surface area contributed by atoms with Gasteiger partial charge in [0.1, 0.15) is 0 Å². The highest BCUT2D eigenvalue weighted by molar-refractivity contribution is 7.26. The molecule has 1 heteroatoms. The minimum Gasteiger partial charge on any atom is -0.135 e. The summed E-state index contributed by atoms with van der Waals surface area (Å²) in [7, 11) is 0. The molecule has 188 valence electrons. The highest BCUT2D eigenvalue weighted by Gasteiger charge is 2.38. The molecule has 0 saturated carbocycles. The molecular formula is C37H34S. The minimum absolute atomic E-state index is 0.0226. The number of thiophene rings is 1. The topological polar surface area (TPSA) is 0 Å². The van der Waals surface area contributed by atoms with Gasteiger partial charge in [0.25, 0.3) is 0 Å². The third kappa shape index (κ3) is 3.80. The maximum atomic E-state index is 2.37. The zero-order valence-electron chi connectivity index (χ0n) is 23.1. The van der Waals surface area contributed by atoms with Crippen molar-refractivity contribution in [3.05, 3.63) is 130 Å². The van der Waals surface area contributed by atoms with Crippen LogP contribution in [0.4, 0.5) is 0 Å². The molecule has 1 aliphatic carbocycles. The first-order valence-corrected chi connectivity index (χ1v) is 14.3. The average molecular weight is 511 g/mol. The van der Waals surface area contributed by atoms with Crippen molar-refractivity contribution in [1.29, 1.82) is 0 Å². The first-order valence-electron chi connectivity index (χ1n) is 13.5. The van der Waals surface area contributed by atoms with E-state index in [1.54, 1.807) is 0 Å². The fraction of sp³-hybridized carbons (Fsp3) is 0.189. The summed E-state index contributed by atoms with van der Waals surface area (Å²) in [4.78, 5) is 0. The van der Waals surface area contributed by atoms with Crippen molar-refractivity contribution in [2.24, 2.45) is 0 Å². The Balaban J connectivity index is 0.000000330. The Morgan fingerprint density at radius 1 is 0.526 bits per heavy atom. The number of fused-ring (bicyclic) bond motifs is 6. The van der Waals surface area contributed by atoms with E-state index in [9.17, 15) is 0 Å². The van der Waals surface area contributed by atoms with Gasteiger partial charge in [-0.1, -0.05) is 110 Å². The molecule has 0 radical (unpaired) electrons.